The Balaban J connectivity index is 1.54. The SMILES string of the molecule is COc1cccc(CCNc2ncc(C(=O)Nc3ccc(F)cc3F)cn2)c1. The number of methoxy groups -OCH3 is 1. The fourth-order valence-electron chi connectivity index (χ4n) is 2.47. The number of amides is 1. The van der Waals surface area contributed by atoms with Crippen LogP contribution in [0.25, 0.3) is 0 Å². The minimum Gasteiger partial charge on any atom is -0.497 e. The van der Waals surface area contributed by atoms with Crippen molar-refractivity contribution in [1.82, 2.24) is 9.97 Å². The van der Waals surface area contributed by atoms with Crippen molar-refractivity contribution >= 4 is 17.5 Å². The number of benzene rings is 2. The average Bonchev–Trinajstić information content (AvgIpc) is 2.71. The maximum absolute atomic E-state index is 13.6. The van der Waals surface area contributed by atoms with E-state index in [1.807, 2.05) is 24.3 Å². The van der Waals surface area contributed by atoms with Gasteiger partial charge in [0.05, 0.1) is 18.4 Å². The lowest BCUT2D eigenvalue weighted by Crippen LogP contribution is -2.15. The van der Waals surface area contributed by atoms with Gasteiger partial charge in [0.15, 0.2) is 0 Å². The van der Waals surface area contributed by atoms with Crippen molar-refractivity contribution in [1.29, 1.82) is 0 Å². The number of anilines is 2. The van der Waals surface area contributed by atoms with Gasteiger partial charge in [-0.15, -0.1) is 0 Å². The molecule has 0 unspecified atom stereocenters. The topological polar surface area (TPSA) is 76.1 Å². The Morgan fingerprint density at radius 2 is 1.89 bits per heavy atom. The van der Waals surface area contributed by atoms with Crippen molar-refractivity contribution < 1.29 is 18.3 Å². The third-order valence-electron chi connectivity index (χ3n) is 3.92. The average molecular weight is 384 g/mol. The molecular formula is C20H18F2N4O2. The van der Waals surface area contributed by atoms with Gasteiger partial charge in [0, 0.05) is 25.0 Å². The Morgan fingerprint density at radius 1 is 1.11 bits per heavy atom. The second-order valence-electron chi connectivity index (χ2n) is 5.90. The summed E-state index contributed by atoms with van der Waals surface area (Å²) in [5.41, 5.74) is 1.14. The van der Waals surface area contributed by atoms with Gasteiger partial charge in [0.1, 0.15) is 17.4 Å². The van der Waals surface area contributed by atoms with Crippen LogP contribution < -0.4 is 15.4 Å². The third-order valence-corrected chi connectivity index (χ3v) is 3.92. The first-order chi connectivity index (χ1) is 13.5. The van der Waals surface area contributed by atoms with E-state index in [1.165, 1.54) is 12.4 Å². The molecule has 28 heavy (non-hydrogen) atoms. The normalized spacial score (nSPS) is 10.4. The summed E-state index contributed by atoms with van der Waals surface area (Å²) in [4.78, 5) is 20.3. The molecule has 144 valence electrons. The summed E-state index contributed by atoms with van der Waals surface area (Å²) < 4.78 is 31.7. The molecule has 1 aromatic heterocycles. The maximum Gasteiger partial charge on any atom is 0.258 e. The zero-order valence-electron chi connectivity index (χ0n) is 15.1. The summed E-state index contributed by atoms with van der Waals surface area (Å²) in [5, 5.41) is 5.42. The lowest BCUT2D eigenvalue weighted by molar-refractivity contribution is 0.102. The van der Waals surface area contributed by atoms with Crippen molar-refractivity contribution in [3.63, 3.8) is 0 Å². The van der Waals surface area contributed by atoms with Gasteiger partial charge in [-0.25, -0.2) is 18.7 Å². The van der Waals surface area contributed by atoms with Crippen LogP contribution in [0.4, 0.5) is 20.4 Å². The van der Waals surface area contributed by atoms with Crippen LogP contribution in [0.3, 0.4) is 0 Å². The highest BCUT2D eigenvalue weighted by Gasteiger charge is 2.11. The number of ether oxygens (including phenoxy) is 1. The van der Waals surface area contributed by atoms with E-state index in [2.05, 4.69) is 20.6 Å². The number of halogens is 2. The van der Waals surface area contributed by atoms with Crippen molar-refractivity contribution in [2.24, 2.45) is 0 Å². The number of carbonyl (C=O) groups is 1. The minimum absolute atomic E-state index is 0.119. The molecule has 0 fully saturated rings. The van der Waals surface area contributed by atoms with Gasteiger partial charge in [0.25, 0.3) is 5.91 Å². The molecule has 0 aliphatic rings. The molecule has 8 heteroatoms. The second-order valence-corrected chi connectivity index (χ2v) is 5.90. The number of nitrogens with one attached hydrogen (secondary N) is 2. The zero-order valence-corrected chi connectivity index (χ0v) is 15.1. The van der Waals surface area contributed by atoms with Crippen molar-refractivity contribution in [2.45, 2.75) is 6.42 Å². The summed E-state index contributed by atoms with van der Waals surface area (Å²) in [7, 11) is 1.62. The highest BCUT2D eigenvalue weighted by atomic mass is 19.1. The first-order valence-electron chi connectivity index (χ1n) is 8.50. The molecule has 0 saturated heterocycles. The molecule has 1 amide bonds. The summed E-state index contributed by atoms with van der Waals surface area (Å²) in [5.74, 6) is -1.00. The first kappa shape index (κ1) is 19.2. The number of nitrogens with zero attached hydrogens (tertiary/aromatic N) is 2. The molecule has 0 saturated carbocycles. The highest BCUT2D eigenvalue weighted by molar-refractivity contribution is 6.03. The van der Waals surface area contributed by atoms with Crippen LogP contribution in [0.2, 0.25) is 0 Å². The molecule has 0 aliphatic carbocycles. The molecule has 3 aromatic rings. The Labute approximate surface area is 160 Å². The standard InChI is InChI=1S/C20H18F2N4O2/c1-28-16-4-2-3-13(9-16)7-8-23-20-24-11-14(12-25-20)19(27)26-18-6-5-15(21)10-17(18)22/h2-6,9-12H,7-8H2,1H3,(H,26,27)(H,23,24,25). The number of hydrogen-bond acceptors (Lipinski definition) is 5. The zero-order chi connectivity index (χ0) is 19.9. The largest absolute Gasteiger partial charge is 0.497 e. The van der Waals surface area contributed by atoms with Gasteiger partial charge in [-0.2, -0.15) is 0 Å². The van der Waals surface area contributed by atoms with Gasteiger partial charge in [-0.05, 0) is 36.2 Å². The van der Waals surface area contributed by atoms with Gasteiger partial charge in [-0.3, -0.25) is 4.79 Å². The molecule has 0 atom stereocenters. The lowest BCUT2D eigenvalue weighted by atomic mass is 10.1. The third kappa shape index (κ3) is 5.00. The second kappa shape index (κ2) is 8.90. The number of rotatable bonds is 7. The molecule has 0 bridgehead atoms. The fourth-order valence-corrected chi connectivity index (χ4v) is 2.47. The van der Waals surface area contributed by atoms with E-state index >= 15 is 0 Å². The molecule has 3 rings (SSSR count). The van der Waals surface area contributed by atoms with Crippen LogP contribution in [-0.4, -0.2) is 29.5 Å². The summed E-state index contributed by atoms with van der Waals surface area (Å²) in [6.07, 6.45) is 3.40. The highest BCUT2D eigenvalue weighted by Crippen LogP contribution is 2.16. The number of aromatic nitrogens is 2. The van der Waals surface area contributed by atoms with E-state index in [9.17, 15) is 13.6 Å². The van der Waals surface area contributed by atoms with Crippen LogP contribution in [-0.2, 0) is 6.42 Å². The monoisotopic (exact) mass is 384 g/mol. The van der Waals surface area contributed by atoms with Gasteiger partial charge >= 0.3 is 0 Å². The number of hydrogen-bond donors (Lipinski definition) is 2. The van der Waals surface area contributed by atoms with E-state index in [4.69, 9.17) is 4.74 Å². The van der Waals surface area contributed by atoms with Gasteiger partial charge < -0.3 is 15.4 Å². The Morgan fingerprint density at radius 3 is 2.61 bits per heavy atom. The molecule has 2 aromatic carbocycles. The van der Waals surface area contributed by atoms with Crippen LogP contribution >= 0.6 is 0 Å². The number of carbonyl (C=O) groups excluding carboxylic acids is 1. The molecule has 2 N–H and O–H groups in total. The maximum atomic E-state index is 13.6. The molecular weight excluding hydrogens is 366 g/mol. The summed E-state index contributed by atoms with van der Waals surface area (Å²) in [6, 6.07) is 10.6. The quantitative estimate of drug-likeness (QED) is 0.650. The van der Waals surface area contributed by atoms with Crippen LogP contribution in [0.5, 0.6) is 5.75 Å². The molecule has 0 aliphatic heterocycles. The molecule has 0 spiro atoms. The van der Waals surface area contributed by atoms with Crippen LogP contribution in [0.1, 0.15) is 15.9 Å². The van der Waals surface area contributed by atoms with Gasteiger partial charge in [-0.1, -0.05) is 12.1 Å². The predicted molar refractivity (Wildman–Crippen MR) is 102 cm³/mol. The van der Waals surface area contributed by atoms with Crippen molar-refractivity contribution in [2.75, 3.05) is 24.3 Å². The smallest absolute Gasteiger partial charge is 0.258 e. The van der Waals surface area contributed by atoms with E-state index in [-0.39, 0.29) is 11.3 Å². The van der Waals surface area contributed by atoms with Crippen LogP contribution in [0.15, 0.2) is 54.9 Å². The Bertz CT molecular complexity index is 965. The molecule has 6 nitrogen and oxygen atoms in total. The summed E-state index contributed by atoms with van der Waals surface area (Å²) in [6.45, 7) is 0.597. The predicted octanol–water partition coefficient (Wildman–Crippen LogP) is 3.67. The first-order valence-corrected chi connectivity index (χ1v) is 8.50. The Kier molecular flexibility index (Phi) is 6.11. The van der Waals surface area contributed by atoms with Crippen molar-refractivity contribution in [3.05, 3.63) is 77.6 Å². The fraction of sp³-hybridized carbons (Fsp3) is 0.150. The van der Waals surface area contributed by atoms with E-state index in [0.717, 1.165) is 29.9 Å². The Hall–Kier alpha value is -3.55. The van der Waals surface area contributed by atoms with Crippen molar-refractivity contribution in [3.8, 4) is 5.75 Å². The van der Waals surface area contributed by atoms with Crippen LogP contribution in [0, 0.1) is 11.6 Å². The van der Waals surface area contributed by atoms with E-state index < -0.39 is 17.5 Å². The lowest BCUT2D eigenvalue weighted by Gasteiger charge is -2.08. The van der Waals surface area contributed by atoms with Gasteiger partial charge in [0.2, 0.25) is 5.95 Å². The summed E-state index contributed by atoms with van der Waals surface area (Å²) >= 11 is 0. The van der Waals surface area contributed by atoms with E-state index in [0.29, 0.717) is 18.6 Å². The molecule has 1 heterocycles. The minimum atomic E-state index is -0.856. The van der Waals surface area contributed by atoms with E-state index in [1.54, 1.807) is 7.11 Å². The molecule has 0 radical (unpaired) electrons.